The molecular weight excluding hydrogens is 286 g/mol. The third-order valence-electron chi connectivity index (χ3n) is 4.83. The molecule has 1 amide bonds. The molecule has 120 valence electrons. The average molecular weight is 309 g/mol. The van der Waals surface area contributed by atoms with Gasteiger partial charge in [-0.15, -0.1) is 0 Å². The van der Waals surface area contributed by atoms with Crippen molar-refractivity contribution < 1.29 is 9.53 Å². The Morgan fingerprint density at radius 2 is 1.74 bits per heavy atom. The molecule has 0 saturated carbocycles. The minimum Gasteiger partial charge on any atom is -0.487 e. The lowest BCUT2D eigenvalue weighted by Crippen LogP contribution is -2.44. The number of nitrogens with one attached hydrogen (secondary N) is 1. The standard InChI is InChI=1S/C20H23NO2/c1-3-20(4-2)14-17(16-12-8-9-13-18(16)23-20)21-19(22)15-10-6-5-7-11-15/h5-13,17H,3-4,14H2,1-2H3,(H,21,22)/t17-/m0/s1. The molecule has 23 heavy (non-hydrogen) atoms. The van der Waals surface area contributed by atoms with Crippen molar-refractivity contribution in [3.63, 3.8) is 0 Å². The zero-order valence-electron chi connectivity index (χ0n) is 13.7. The summed E-state index contributed by atoms with van der Waals surface area (Å²) >= 11 is 0. The molecular formula is C20H23NO2. The van der Waals surface area contributed by atoms with Crippen molar-refractivity contribution in [3.05, 3.63) is 65.7 Å². The van der Waals surface area contributed by atoms with Gasteiger partial charge in [-0.25, -0.2) is 0 Å². The third kappa shape index (κ3) is 3.09. The van der Waals surface area contributed by atoms with Crippen LogP contribution in [0.15, 0.2) is 54.6 Å². The maximum absolute atomic E-state index is 12.6. The second-order valence-electron chi connectivity index (χ2n) is 6.13. The highest BCUT2D eigenvalue weighted by atomic mass is 16.5. The van der Waals surface area contributed by atoms with E-state index in [4.69, 9.17) is 4.74 Å². The second-order valence-corrected chi connectivity index (χ2v) is 6.13. The van der Waals surface area contributed by atoms with Gasteiger partial charge in [-0.05, 0) is 31.0 Å². The Morgan fingerprint density at radius 1 is 1.09 bits per heavy atom. The molecule has 2 aromatic carbocycles. The fourth-order valence-electron chi connectivity index (χ4n) is 3.26. The molecule has 0 saturated heterocycles. The van der Waals surface area contributed by atoms with Crippen molar-refractivity contribution in [2.45, 2.75) is 44.8 Å². The number of rotatable bonds is 4. The number of carbonyl (C=O) groups is 1. The molecule has 0 unspecified atom stereocenters. The first-order chi connectivity index (χ1) is 11.2. The van der Waals surface area contributed by atoms with E-state index in [-0.39, 0.29) is 17.6 Å². The van der Waals surface area contributed by atoms with Gasteiger partial charge in [-0.3, -0.25) is 4.79 Å². The van der Waals surface area contributed by atoms with E-state index in [1.807, 2.05) is 54.6 Å². The molecule has 0 radical (unpaired) electrons. The van der Waals surface area contributed by atoms with Crippen LogP contribution in [0.1, 0.15) is 55.1 Å². The zero-order chi connectivity index (χ0) is 16.3. The Morgan fingerprint density at radius 3 is 2.43 bits per heavy atom. The number of ether oxygens (including phenoxy) is 1. The first kappa shape index (κ1) is 15.6. The molecule has 0 bridgehead atoms. The number of para-hydroxylation sites is 1. The quantitative estimate of drug-likeness (QED) is 0.903. The van der Waals surface area contributed by atoms with Gasteiger partial charge in [0.15, 0.2) is 0 Å². The number of carbonyl (C=O) groups excluding carboxylic acids is 1. The van der Waals surface area contributed by atoms with E-state index < -0.39 is 0 Å². The van der Waals surface area contributed by atoms with E-state index >= 15 is 0 Å². The van der Waals surface area contributed by atoms with Gasteiger partial charge in [0, 0.05) is 17.5 Å². The smallest absolute Gasteiger partial charge is 0.251 e. The average Bonchev–Trinajstić information content (AvgIpc) is 2.62. The fraction of sp³-hybridized carbons (Fsp3) is 0.350. The van der Waals surface area contributed by atoms with Crippen LogP contribution in [0, 0.1) is 0 Å². The van der Waals surface area contributed by atoms with Gasteiger partial charge >= 0.3 is 0 Å². The second kappa shape index (κ2) is 6.45. The van der Waals surface area contributed by atoms with E-state index in [2.05, 4.69) is 19.2 Å². The number of hydrogen-bond donors (Lipinski definition) is 1. The Kier molecular flexibility index (Phi) is 4.37. The van der Waals surface area contributed by atoms with Gasteiger partial charge in [0.05, 0.1) is 6.04 Å². The van der Waals surface area contributed by atoms with Gasteiger partial charge < -0.3 is 10.1 Å². The Balaban J connectivity index is 1.89. The molecule has 3 nitrogen and oxygen atoms in total. The minimum atomic E-state index is -0.205. The zero-order valence-corrected chi connectivity index (χ0v) is 13.7. The normalized spacial score (nSPS) is 18.6. The predicted molar refractivity (Wildman–Crippen MR) is 91.6 cm³/mol. The summed E-state index contributed by atoms with van der Waals surface area (Å²) in [4.78, 5) is 12.6. The van der Waals surface area contributed by atoms with Gasteiger partial charge in [-0.1, -0.05) is 50.2 Å². The highest BCUT2D eigenvalue weighted by Crippen LogP contribution is 2.42. The monoisotopic (exact) mass is 309 g/mol. The number of hydrogen-bond acceptors (Lipinski definition) is 2. The fourth-order valence-corrected chi connectivity index (χ4v) is 3.26. The van der Waals surface area contributed by atoms with Crippen molar-refractivity contribution in [1.29, 1.82) is 0 Å². The summed E-state index contributed by atoms with van der Waals surface area (Å²) in [6, 6.07) is 17.4. The first-order valence-electron chi connectivity index (χ1n) is 8.31. The van der Waals surface area contributed by atoms with Crippen LogP contribution in [0.5, 0.6) is 5.75 Å². The van der Waals surface area contributed by atoms with Crippen molar-refractivity contribution in [3.8, 4) is 5.75 Å². The Labute approximate surface area is 137 Å². The van der Waals surface area contributed by atoms with Crippen LogP contribution in [-0.2, 0) is 0 Å². The van der Waals surface area contributed by atoms with Crippen LogP contribution in [0.4, 0.5) is 0 Å². The predicted octanol–water partition coefficient (Wildman–Crippen LogP) is 4.50. The van der Waals surface area contributed by atoms with Gasteiger partial charge in [0.25, 0.3) is 5.91 Å². The summed E-state index contributed by atoms with van der Waals surface area (Å²) in [7, 11) is 0. The van der Waals surface area contributed by atoms with E-state index in [9.17, 15) is 4.79 Å². The number of fused-ring (bicyclic) bond motifs is 1. The maximum Gasteiger partial charge on any atom is 0.251 e. The van der Waals surface area contributed by atoms with E-state index in [1.54, 1.807) is 0 Å². The molecule has 0 fully saturated rings. The molecule has 1 atom stereocenters. The summed E-state index contributed by atoms with van der Waals surface area (Å²) in [5.74, 6) is 0.856. The van der Waals surface area contributed by atoms with Crippen molar-refractivity contribution >= 4 is 5.91 Å². The van der Waals surface area contributed by atoms with Crippen molar-refractivity contribution in [2.75, 3.05) is 0 Å². The summed E-state index contributed by atoms with van der Waals surface area (Å²) in [5, 5.41) is 3.20. The van der Waals surface area contributed by atoms with Crippen LogP contribution in [0.2, 0.25) is 0 Å². The summed E-state index contributed by atoms with van der Waals surface area (Å²) in [5.41, 5.74) is 1.55. The molecule has 0 spiro atoms. The minimum absolute atomic E-state index is 0.0208. The Hall–Kier alpha value is -2.29. The molecule has 1 aliphatic heterocycles. The van der Waals surface area contributed by atoms with Crippen LogP contribution >= 0.6 is 0 Å². The molecule has 2 aromatic rings. The lowest BCUT2D eigenvalue weighted by atomic mass is 9.83. The number of amides is 1. The first-order valence-corrected chi connectivity index (χ1v) is 8.31. The molecule has 0 aromatic heterocycles. The lowest BCUT2D eigenvalue weighted by Gasteiger charge is -2.41. The molecule has 3 rings (SSSR count). The van der Waals surface area contributed by atoms with E-state index in [0.29, 0.717) is 5.56 Å². The van der Waals surface area contributed by atoms with Crippen molar-refractivity contribution in [1.82, 2.24) is 5.32 Å². The molecule has 0 aliphatic carbocycles. The van der Waals surface area contributed by atoms with E-state index in [1.165, 1.54) is 0 Å². The van der Waals surface area contributed by atoms with Gasteiger partial charge in [0.1, 0.15) is 11.4 Å². The van der Waals surface area contributed by atoms with Gasteiger partial charge in [-0.2, -0.15) is 0 Å². The molecule has 1 N–H and O–H groups in total. The third-order valence-corrected chi connectivity index (χ3v) is 4.83. The summed E-state index contributed by atoms with van der Waals surface area (Å²) in [6.07, 6.45) is 2.65. The highest BCUT2D eigenvalue weighted by Gasteiger charge is 2.38. The summed E-state index contributed by atoms with van der Waals surface area (Å²) in [6.45, 7) is 4.29. The summed E-state index contributed by atoms with van der Waals surface area (Å²) < 4.78 is 6.28. The SMILES string of the molecule is CCC1(CC)C[C@H](NC(=O)c2ccccc2)c2ccccc2O1. The molecule has 3 heteroatoms. The molecule has 1 heterocycles. The highest BCUT2D eigenvalue weighted by molar-refractivity contribution is 5.94. The maximum atomic E-state index is 12.6. The topological polar surface area (TPSA) is 38.3 Å². The molecule has 1 aliphatic rings. The van der Waals surface area contributed by atoms with Crippen LogP contribution in [0.3, 0.4) is 0 Å². The van der Waals surface area contributed by atoms with Crippen LogP contribution < -0.4 is 10.1 Å². The van der Waals surface area contributed by atoms with Crippen molar-refractivity contribution in [2.24, 2.45) is 0 Å². The van der Waals surface area contributed by atoms with Crippen LogP contribution in [0.25, 0.3) is 0 Å². The van der Waals surface area contributed by atoms with Crippen LogP contribution in [-0.4, -0.2) is 11.5 Å². The number of benzene rings is 2. The largest absolute Gasteiger partial charge is 0.487 e. The Bertz CT molecular complexity index is 677. The van der Waals surface area contributed by atoms with E-state index in [0.717, 1.165) is 30.6 Å². The lowest BCUT2D eigenvalue weighted by molar-refractivity contribution is 0.0227. The van der Waals surface area contributed by atoms with Gasteiger partial charge in [0.2, 0.25) is 0 Å².